The molecule has 0 spiro atoms. The lowest BCUT2D eigenvalue weighted by atomic mass is 9.97. The average Bonchev–Trinajstić information content (AvgIpc) is 2.47. The number of rotatable bonds is 3. The Morgan fingerprint density at radius 1 is 1.58 bits per heavy atom. The Bertz CT molecular complexity index is 465. The first-order valence-corrected chi connectivity index (χ1v) is 7.28. The first-order chi connectivity index (χ1) is 9.15. The van der Waals surface area contributed by atoms with E-state index in [1.807, 2.05) is 17.0 Å². The number of carbonyl (C=O) groups excluding carboxylic acids is 1. The van der Waals surface area contributed by atoms with Crippen molar-refractivity contribution in [2.45, 2.75) is 12.8 Å². The molecule has 1 aliphatic rings. The normalized spacial score (nSPS) is 19.3. The Morgan fingerprint density at radius 2 is 2.37 bits per heavy atom. The fraction of sp³-hybridized carbons (Fsp3) is 0.500. The molecule has 0 bridgehead atoms. The Balaban J connectivity index is 2.18. The molecule has 104 valence electrons. The summed E-state index contributed by atoms with van der Waals surface area (Å²) >= 11 is 3.43. The van der Waals surface area contributed by atoms with Crippen molar-refractivity contribution >= 4 is 21.8 Å². The fourth-order valence-corrected chi connectivity index (χ4v) is 2.82. The van der Waals surface area contributed by atoms with Gasteiger partial charge in [-0.25, -0.2) is 0 Å². The number of ether oxygens (including phenoxy) is 1. The van der Waals surface area contributed by atoms with Gasteiger partial charge >= 0.3 is 0 Å². The number of piperidine rings is 1. The molecule has 0 aliphatic carbocycles. The van der Waals surface area contributed by atoms with Gasteiger partial charge in [0.2, 0.25) is 0 Å². The Hall–Kier alpha value is -1.07. The van der Waals surface area contributed by atoms with E-state index in [1.54, 1.807) is 13.2 Å². The maximum absolute atomic E-state index is 12.5. The molecule has 0 aromatic heterocycles. The molecule has 1 amide bonds. The number of nitrogens with zero attached hydrogens (tertiary/aromatic N) is 1. The van der Waals surface area contributed by atoms with E-state index in [9.17, 15) is 4.79 Å². The minimum atomic E-state index is 0.0453. The number of hydrogen-bond acceptors (Lipinski definition) is 3. The van der Waals surface area contributed by atoms with Crippen LogP contribution in [-0.2, 0) is 0 Å². The largest absolute Gasteiger partial charge is 0.497 e. The zero-order valence-corrected chi connectivity index (χ0v) is 12.6. The van der Waals surface area contributed by atoms with Crippen molar-refractivity contribution < 1.29 is 9.53 Å². The predicted octanol–water partition coefficient (Wildman–Crippen LogP) is 2.27. The van der Waals surface area contributed by atoms with Crippen molar-refractivity contribution in [2.24, 2.45) is 11.7 Å². The smallest absolute Gasteiger partial charge is 0.255 e. The molecular weight excluding hydrogens is 308 g/mol. The molecule has 1 heterocycles. The third-order valence-corrected chi connectivity index (χ3v) is 4.23. The molecule has 19 heavy (non-hydrogen) atoms. The van der Waals surface area contributed by atoms with Crippen LogP contribution in [0.1, 0.15) is 23.2 Å². The topological polar surface area (TPSA) is 55.6 Å². The van der Waals surface area contributed by atoms with E-state index in [4.69, 9.17) is 10.5 Å². The fourth-order valence-electron chi connectivity index (χ4n) is 2.41. The van der Waals surface area contributed by atoms with Crippen LogP contribution in [0, 0.1) is 5.92 Å². The molecular formula is C14H19BrN2O2. The minimum Gasteiger partial charge on any atom is -0.497 e. The van der Waals surface area contributed by atoms with Gasteiger partial charge in [0.05, 0.1) is 12.7 Å². The minimum absolute atomic E-state index is 0.0453. The third-order valence-electron chi connectivity index (χ3n) is 3.54. The van der Waals surface area contributed by atoms with Crippen molar-refractivity contribution in [3.8, 4) is 5.75 Å². The highest BCUT2D eigenvalue weighted by atomic mass is 79.9. The number of methoxy groups -OCH3 is 1. The van der Waals surface area contributed by atoms with E-state index < -0.39 is 0 Å². The molecule has 1 aromatic carbocycles. The number of likely N-dealkylation sites (tertiary alicyclic amines) is 1. The van der Waals surface area contributed by atoms with Gasteiger partial charge in [-0.15, -0.1) is 0 Å². The number of benzene rings is 1. The number of hydrogen-bond donors (Lipinski definition) is 1. The second-order valence-corrected chi connectivity index (χ2v) is 5.70. The van der Waals surface area contributed by atoms with E-state index in [0.717, 1.165) is 30.4 Å². The highest BCUT2D eigenvalue weighted by molar-refractivity contribution is 9.10. The summed E-state index contributed by atoms with van der Waals surface area (Å²) in [5.41, 5.74) is 6.36. The lowest BCUT2D eigenvalue weighted by molar-refractivity contribution is 0.0677. The molecule has 2 rings (SSSR count). The lowest BCUT2D eigenvalue weighted by Crippen LogP contribution is -2.42. The molecule has 2 N–H and O–H groups in total. The summed E-state index contributed by atoms with van der Waals surface area (Å²) in [6, 6.07) is 5.45. The number of amides is 1. The molecule has 4 nitrogen and oxygen atoms in total. The first-order valence-electron chi connectivity index (χ1n) is 6.48. The zero-order valence-electron chi connectivity index (χ0n) is 11.1. The quantitative estimate of drug-likeness (QED) is 0.927. The van der Waals surface area contributed by atoms with Crippen molar-refractivity contribution in [2.75, 3.05) is 26.7 Å². The molecule has 1 saturated heterocycles. The maximum atomic E-state index is 12.5. The molecule has 1 fully saturated rings. The van der Waals surface area contributed by atoms with Gasteiger partial charge in [-0.2, -0.15) is 0 Å². The van der Waals surface area contributed by atoms with Crippen molar-refractivity contribution in [1.29, 1.82) is 0 Å². The van der Waals surface area contributed by atoms with E-state index in [0.29, 0.717) is 23.8 Å². The summed E-state index contributed by atoms with van der Waals surface area (Å²) < 4.78 is 5.98. The van der Waals surface area contributed by atoms with Gasteiger partial charge in [-0.3, -0.25) is 4.79 Å². The van der Waals surface area contributed by atoms with Crippen molar-refractivity contribution in [3.63, 3.8) is 0 Å². The van der Waals surface area contributed by atoms with E-state index in [2.05, 4.69) is 15.9 Å². The first kappa shape index (κ1) is 14.3. The monoisotopic (exact) mass is 326 g/mol. The molecule has 5 heteroatoms. The van der Waals surface area contributed by atoms with Crippen LogP contribution in [0.5, 0.6) is 5.75 Å². The van der Waals surface area contributed by atoms with Crippen LogP contribution in [0.25, 0.3) is 0 Å². The van der Waals surface area contributed by atoms with Crippen LogP contribution in [-0.4, -0.2) is 37.6 Å². The second-order valence-electron chi connectivity index (χ2n) is 4.84. The van der Waals surface area contributed by atoms with Gasteiger partial charge in [0, 0.05) is 17.6 Å². The maximum Gasteiger partial charge on any atom is 0.255 e. The van der Waals surface area contributed by atoms with Crippen LogP contribution >= 0.6 is 15.9 Å². The van der Waals surface area contributed by atoms with Crippen molar-refractivity contribution in [1.82, 2.24) is 4.90 Å². The Kier molecular flexibility index (Phi) is 4.82. The summed E-state index contributed by atoms with van der Waals surface area (Å²) in [6.07, 6.45) is 2.13. The molecule has 1 aliphatic heterocycles. The van der Waals surface area contributed by atoms with Crippen molar-refractivity contribution in [3.05, 3.63) is 28.2 Å². The summed E-state index contributed by atoms with van der Waals surface area (Å²) in [7, 11) is 1.60. The second kappa shape index (κ2) is 6.39. The Morgan fingerprint density at radius 3 is 3.05 bits per heavy atom. The zero-order chi connectivity index (χ0) is 13.8. The number of halogens is 1. The van der Waals surface area contributed by atoms with Crippen LogP contribution in [0.4, 0.5) is 0 Å². The number of carbonyl (C=O) groups is 1. The van der Waals surface area contributed by atoms with Gasteiger partial charge in [-0.05, 0) is 59.4 Å². The van der Waals surface area contributed by atoms with Gasteiger partial charge < -0.3 is 15.4 Å². The van der Waals surface area contributed by atoms with E-state index in [-0.39, 0.29) is 5.91 Å². The molecule has 1 aromatic rings. The molecule has 1 unspecified atom stereocenters. The summed E-state index contributed by atoms with van der Waals surface area (Å²) in [5.74, 6) is 1.16. The highest BCUT2D eigenvalue weighted by Gasteiger charge is 2.25. The van der Waals surface area contributed by atoms with Gasteiger partial charge in [0.25, 0.3) is 5.91 Å². The van der Waals surface area contributed by atoms with E-state index in [1.165, 1.54) is 0 Å². The van der Waals surface area contributed by atoms with Gasteiger partial charge in [-0.1, -0.05) is 0 Å². The number of nitrogens with two attached hydrogens (primary N) is 1. The summed E-state index contributed by atoms with van der Waals surface area (Å²) in [4.78, 5) is 14.4. The summed E-state index contributed by atoms with van der Waals surface area (Å²) in [5, 5.41) is 0. The third kappa shape index (κ3) is 3.28. The standard InChI is InChI=1S/C14H19BrN2O2/c1-19-11-4-5-13(15)12(7-11)14(18)17-6-2-3-10(8-16)9-17/h4-5,7,10H,2-3,6,8-9,16H2,1H3. The summed E-state index contributed by atoms with van der Waals surface area (Å²) in [6.45, 7) is 2.20. The average molecular weight is 327 g/mol. The predicted molar refractivity (Wildman–Crippen MR) is 78.4 cm³/mol. The van der Waals surface area contributed by atoms with Gasteiger partial charge in [0.1, 0.15) is 5.75 Å². The Labute approximate surface area is 122 Å². The SMILES string of the molecule is COc1ccc(Br)c(C(=O)N2CCCC(CN)C2)c1. The van der Waals surface area contributed by atoms with E-state index >= 15 is 0 Å². The van der Waals surface area contributed by atoms with Crippen LogP contribution in [0.15, 0.2) is 22.7 Å². The van der Waals surface area contributed by atoms with Gasteiger partial charge in [0.15, 0.2) is 0 Å². The highest BCUT2D eigenvalue weighted by Crippen LogP contribution is 2.25. The molecule has 1 atom stereocenters. The lowest BCUT2D eigenvalue weighted by Gasteiger charge is -2.32. The molecule has 0 saturated carbocycles. The van der Waals surface area contributed by atoms with Crippen LogP contribution in [0.3, 0.4) is 0 Å². The van der Waals surface area contributed by atoms with Crippen LogP contribution < -0.4 is 10.5 Å². The van der Waals surface area contributed by atoms with Crippen LogP contribution in [0.2, 0.25) is 0 Å². The molecule has 0 radical (unpaired) electrons.